The number of carbonyl (C=O) groups is 4. The van der Waals surface area contributed by atoms with E-state index in [-0.39, 0.29) is 24.2 Å². The lowest BCUT2D eigenvalue weighted by Gasteiger charge is -2.49. The fraction of sp³-hybridized carbons (Fsp3) is 0.423. The zero-order valence-corrected chi connectivity index (χ0v) is 21.9. The molecule has 2 aromatic rings. The molecule has 1 aromatic carbocycles. The number of primary amides is 1. The Balaban J connectivity index is 1.87. The number of carbonyl (C=O) groups excluding carboxylic acids is 4. The third-order valence-electron chi connectivity index (χ3n) is 7.60. The van der Waals surface area contributed by atoms with Crippen molar-refractivity contribution < 1.29 is 34.5 Å². The topological polar surface area (TPSA) is 171 Å². The van der Waals surface area contributed by atoms with Gasteiger partial charge in [0.05, 0.1) is 24.5 Å². The van der Waals surface area contributed by atoms with Crippen LogP contribution in [-0.2, 0) is 20.8 Å². The molecule has 196 valence electrons. The SMILES string of the molecule is CN(C)[C@H](CO)[C@@H]1C[C@@H]2Cc3c(-c4cncc(Br)c4)ccc(O)c3C(=O)C2C(=O)[C@]1(O)C(=O)CC(N)=O. The van der Waals surface area contributed by atoms with Crippen molar-refractivity contribution in [2.24, 2.45) is 23.5 Å². The summed E-state index contributed by atoms with van der Waals surface area (Å²) in [5.74, 6) is -7.31. The van der Waals surface area contributed by atoms with Crippen LogP contribution in [0.2, 0.25) is 0 Å². The van der Waals surface area contributed by atoms with Crippen LogP contribution < -0.4 is 5.73 Å². The highest BCUT2D eigenvalue weighted by atomic mass is 79.9. The van der Waals surface area contributed by atoms with Gasteiger partial charge in [0.2, 0.25) is 5.91 Å². The van der Waals surface area contributed by atoms with E-state index in [2.05, 4.69) is 20.9 Å². The van der Waals surface area contributed by atoms with Crippen LogP contribution in [-0.4, -0.2) is 80.8 Å². The van der Waals surface area contributed by atoms with E-state index >= 15 is 0 Å². The summed E-state index contributed by atoms with van der Waals surface area (Å²) in [6.45, 7) is -0.477. The number of phenolic OH excluding ortho intramolecular Hbond substituents is 1. The molecule has 1 aromatic heterocycles. The summed E-state index contributed by atoms with van der Waals surface area (Å²) in [5.41, 5.74) is 4.35. The summed E-state index contributed by atoms with van der Waals surface area (Å²) in [7, 11) is 3.27. The van der Waals surface area contributed by atoms with E-state index < -0.39 is 65.7 Å². The van der Waals surface area contributed by atoms with Crippen LogP contribution in [0.4, 0.5) is 0 Å². The van der Waals surface area contributed by atoms with Gasteiger partial charge in [-0.2, -0.15) is 0 Å². The van der Waals surface area contributed by atoms with Gasteiger partial charge in [-0.15, -0.1) is 0 Å². The summed E-state index contributed by atoms with van der Waals surface area (Å²) in [6, 6.07) is 4.04. The number of rotatable bonds is 7. The fourth-order valence-corrected chi connectivity index (χ4v) is 6.26. The largest absolute Gasteiger partial charge is 0.507 e. The van der Waals surface area contributed by atoms with Gasteiger partial charge in [-0.3, -0.25) is 24.2 Å². The normalized spacial score (nSPS) is 25.9. The summed E-state index contributed by atoms with van der Waals surface area (Å²) in [6.07, 6.45) is 2.59. The second-order valence-electron chi connectivity index (χ2n) is 9.94. The molecule has 1 saturated carbocycles. The Bertz CT molecular complexity index is 1300. The number of aromatic nitrogens is 1. The number of benzene rings is 1. The molecule has 5 N–H and O–H groups in total. The number of Topliss-reactive ketones (excluding diaryl/α,β-unsaturated/α-hetero) is 3. The molecule has 10 nitrogen and oxygen atoms in total. The first-order valence-corrected chi connectivity index (χ1v) is 12.6. The molecule has 0 spiro atoms. The predicted octanol–water partition coefficient (Wildman–Crippen LogP) is 0.875. The van der Waals surface area contributed by atoms with Gasteiger partial charge in [0.1, 0.15) is 5.75 Å². The number of fused-ring (bicyclic) bond motifs is 2. The Labute approximate surface area is 221 Å². The standard InChI is InChI=1S/C26H28BrN3O7/c1-30(2)18(11-31)17-7-12-6-16-15(13-5-14(27)10-29-9-13)3-4-19(32)23(16)24(35)22(12)25(36)26(17,37)20(33)8-21(28)34/h3-5,9-10,12,17-18,22,31-32,37H,6-8,11H2,1-2H3,(H2,28,34)/t12-,17-,18+,22?,26+/m0/s1. The number of aromatic hydroxyl groups is 1. The van der Waals surface area contributed by atoms with Crippen LogP contribution in [0.3, 0.4) is 0 Å². The van der Waals surface area contributed by atoms with Crippen molar-refractivity contribution >= 4 is 39.2 Å². The monoisotopic (exact) mass is 573 g/mol. The number of nitrogens with two attached hydrogens (primary N) is 1. The average molecular weight is 574 g/mol. The second-order valence-corrected chi connectivity index (χ2v) is 10.9. The molecule has 0 saturated heterocycles. The van der Waals surface area contributed by atoms with Gasteiger partial charge in [0.25, 0.3) is 0 Å². The fourth-order valence-electron chi connectivity index (χ4n) is 5.89. The zero-order chi connectivity index (χ0) is 27.2. The second kappa shape index (κ2) is 10.1. The Morgan fingerprint density at radius 1 is 1.27 bits per heavy atom. The first kappa shape index (κ1) is 27.1. The molecule has 1 unspecified atom stereocenters. The van der Waals surface area contributed by atoms with Gasteiger partial charge in [-0.1, -0.05) is 6.07 Å². The van der Waals surface area contributed by atoms with E-state index in [9.17, 15) is 34.5 Å². The van der Waals surface area contributed by atoms with Crippen LogP contribution in [0, 0.1) is 17.8 Å². The lowest BCUT2D eigenvalue weighted by Crippen LogP contribution is -2.67. The van der Waals surface area contributed by atoms with E-state index in [0.29, 0.717) is 16.7 Å². The number of hydrogen-bond donors (Lipinski definition) is 4. The van der Waals surface area contributed by atoms with Crippen LogP contribution >= 0.6 is 15.9 Å². The van der Waals surface area contributed by atoms with Gasteiger partial charge < -0.3 is 26.0 Å². The van der Waals surface area contributed by atoms with E-state index in [0.717, 1.165) is 4.47 Å². The minimum Gasteiger partial charge on any atom is -0.507 e. The molecule has 0 aliphatic heterocycles. The van der Waals surface area contributed by atoms with Crippen molar-refractivity contribution in [3.63, 3.8) is 0 Å². The molecule has 1 fully saturated rings. The van der Waals surface area contributed by atoms with Crippen LogP contribution in [0.1, 0.15) is 28.8 Å². The zero-order valence-electron chi connectivity index (χ0n) is 20.3. The number of likely N-dealkylation sites (N-methyl/N-ethyl adjacent to an activating group) is 1. The summed E-state index contributed by atoms with van der Waals surface area (Å²) >= 11 is 3.39. The minimum absolute atomic E-state index is 0.0395. The molecule has 0 bridgehead atoms. The van der Waals surface area contributed by atoms with Gasteiger partial charge in [-0.05, 0) is 72.0 Å². The highest BCUT2D eigenvalue weighted by Crippen LogP contribution is 2.49. The van der Waals surface area contributed by atoms with Gasteiger partial charge in [-0.25, -0.2) is 0 Å². The van der Waals surface area contributed by atoms with E-state index in [1.54, 1.807) is 37.5 Å². The first-order chi connectivity index (χ1) is 17.4. The van der Waals surface area contributed by atoms with E-state index in [1.807, 2.05) is 6.07 Å². The van der Waals surface area contributed by atoms with Crippen LogP contribution in [0.25, 0.3) is 11.1 Å². The third-order valence-corrected chi connectivity index (χ3v) is 8.03. The molecule has 5 atom stereocenters. The van der Waals surface area contributed by atoms with Crippen molar-refractivity contribution in [1.29, 1.82) is 0 Å². The van der Waals surface area contributed by atoms with Crippen LogP contribution in [0.15, 0.2) is 35.1 Å². The van der Waals surface area contributed by atoms with E-state index in [1.165, 1.54) is 6.07 Å². The maximum absolute atomic E-state index is 13.8. The molecular weight excluding hydrogens is 546 g/mol. The highest BCUT2D eigenvalue weighted by Gasteiger charge is 2.62. The van der Waals surface area contributed by atoms with Crippen molar-refractivity contribution in [3.05, 3.63) is 46.2 Å². The van der Waals surface area contributed by atoms with E-state index in [4.69, 9.17) is 5.73 Å². The number of amides is 1. The van der Waals surface area contributed by atoms with Crippen LogP contribution in [0.5, 0.6) is 5.75 Å². The number of halogens is 1. The quantitative estimate of drug-likeness (QED) is 0.351. The Morgan fingerprint density at radius 2 is 1.97 bits per heavy atom. The summed E-state index contributed by atoms with van der Waals surface area (Å²) in [5, 5.41) is 32.4. The lowest BCUT2D eigenvalue weighted by atomic mass is 9.56. The Morgan fingerprint density at radius 3 is 2.57 bits per heavy atom. The molecule has 37 heavy (non-hydrogen) atoms. The smallest absolute Gasteiger partial charge is 0.225 e. The highest BCUT2D eigenvalue weighted by molar-refractivity contribution is 9.10. The molecule has 1 amide bonds. The van der Waals surface area contributed by atoms with Crippen molar-refractivity contribution in [2.45, 2.75) is 30.9 Å². The number of nitrogens with zero attached hydrogens (tertiary/aromatic N) is 2. The predicted molar refractivity (Wildman–Crippen MR) is 135 cm³/mol. The average Bonchev–Trinajstić information content (AvgIpc) is 2.81. The summed E-state index contributed by atoms with van der Waals surface area (Å²) in [4.78, 5) is 58.0. The van der Waals surface area contributed by atoms with Gasteiger partial charge in [0, 0.05) is 34.4 Å². The third kappa shape index (κ3) is 4.50. The molecule has 0 radical (unpaired) electrons. The lowest BCUT2D eigenvalue weighted by molar-refractivity contribution is -0.171. The van der Waals surface area contributed by atoms with Crippen molar-refractivity contribution in [1.82, 2.24) is 9.88 Å². The van der Waals surface area contributed by atoms with Crippen molar-refractivity contribution in [3.8, 4) is 16.9 Å². The molecular formula is C26H28BrN3O7. The molecule has 2 aliphatic carbocycles. The maximum atomic E-state index is 13.8. The number of pyridine rings is 1. The number of ketones is 3. The number of aliphatic hydroxyl groups is 2. The first-order valence-electron chi connectivity index (χ1n) is 11.8. The molecule has 11 heteroatoms. The number of phenols is 1. The minimum atomic E-state index is -2.71. The summed E-state index contributed by atoms with van der Waals surface area (Å²) < 4.78 is 0.717. The van der Waals surface area contributed by atoms with Gasteiger partial charge in [0.15, 0.2) is 23.0 Å². The molecule has 4 rings (SSSR count). The Kier molecular flexibility index (Phi) is 7.35. The Hall–Kier alpha value is -2.99. The molecule has 1 heterocycles. The number of aliphatic hydroxyl groups excluding tert-OH is 1. The van der Waals surface area contributed by atoms with Gasteiger partial charge >= 0.3 is 0 Å². The number of hydrogen-bond acceptors (Lipinski definition) is 9. The maximum Gasteiger partial charge on any atom is 0.225 e. The van der Waals surface area contributed by atoms with Crippen molar-refractivity contribution in [2.75, 3.05) is 20.7 Å². The molecule has 2 aliphatic rings.